The highest BCUT2D eigenvalue weighted by molar-refractivity contribution is 5.93. The first kappa shape index (κ1) is 18.9. The number of nitrogens with zero attached hydrogens (tertiary/aromatic N) is 3. The number of hydrogen-bond donors (Lipinski definition) is 2. The molecule has 3 aromatic rings. The minimum Gasteiger partial charge on any atom is -0.459 e. The van der Waals surface area contributed by atoms with Gasteiger partial charge in [-0.15, -0.1) is 10.2 Å². The van der Waals surface area contributed by atoms with E-state index in [1.807, 2.05) is 24.3 Å². The average Bonchev–Trinajstić information content (AvgIpc) is 3.34. The van der Waals surface area contributed by atoms with E-state index in [0.29, 0.717) is 5.69 Å². The van der Waals surface area contributed by atoms with Gasteiger partial charge in [-0.2, -0.15) is 0 Å². The zero-order chi connectivity index (χ0) is 20.1. The SMILES string of the molecule is O=C(CCNC(=O)c1ccco1)Nc1ccc(-c2nnc3n2CCCCC3)cc1. The van der Waals surface area contributed by atoms with Crippen LogP contribution in [0, 0.1) is 0 Å². The lowest BCUT2D eigenvalue weighted by molar-refractivity contribution is -0.116. The van der Waals surface area contributed by atoms with Gasteiger partial charge in [0.25, 0.3) is 5.91 Å². The van der Waals surface area contributed by atoms with Crippen LogP contribution >= 0.6 is 0 Å². The van der Waals surface area contributed by atoms with Gasteiger partial charge in [-0.05, 0) is 49.2 Å². The lowest BCUT2D eigenvalue weighted by Gasteiger charge is -2.09. The number of rotatable bonds is 6. The predicted molar refractivity (Wildman–Crippen MR) is 107 cm³/mol. The predicted octanol–water partition coefficient (Wildman–Crippen LogP) is 3.02. The lowest BCUT2D eigenvalue weighted by Crippen LogP contribution is -2.27. The van der Waals surface area contributed by atoms with Crippen molar-refractivity contribution in [1.82, 2.24) is 20.1 Å². The van der Waals surface area contributed by atoms with Gasteiger partial charge >= 0.3 is 0 Å². The minimum atomic E-state index is -0.334. The van der Waals surface area contributed by atoms with E-state index in [4.69, 9.17) is 4.42 Å². The molecular weight excluding hydrogens is 370 g/mol. The Labute approximate surface area is 168 Å². The molecule has 0 bridgehead atoms. The van der Waals surface area contributed by atoms with Crippen molar-refractivity contribution in [2.75, 3.05) is 11.9 Å². The largest absolute Gasteiger partial charge is 0.459 e. The van der Waals surface area contributed by atoms with Crippen LogP contribution in [0.15, 0.2) is 47.1 Å². The maximum absolute atomic E-state index is 12.1. The molecule has 2 amide bonds. The zero-order valence-electron chi connectivity index (χ0n) is 16.1. The third kappa shape index (κ3) is 4.53. The van der Waals surface area contributed by atoms with E-state index in [-0.39, 0.29) is 30.5 Å². The number of furan rings is 1. The molecule has 150 valence electrons. The molecule has 8 nitrogen and oxygen atoms in total. The Morgan fingerprint density at radius 1 is 1.07 bits per heavy atom. The molecule has 0 aliphatic carbocycles. The Bertz CT molecular complexity index is 976. The molecule has 0 saturated heterocycles. The molecule has 0 saturated carbocycles. The molecular formula is C21H23N5O3. The number of aromatic nitrogens is 3. The highest BCUT2D eigenvalue weighted by atomic mass is 16.3. The van der Waals surface area contributed by atoms with Gasteiger partial charge in [0.1, 0.15) is 5.82 Å². The molecule has 0 fully saturated rings. The Morgan fingerprint density at radius 3 is 2.72 bits per heavy atom. The summed E-state index contributed by atoms with van der Waals surface area (Å²) in [5.41, 5.74) is 1.68. The molecule has 29 heavy (non-hydrogen) atoms. The molecule has 2 N–H and O–H groups in total. The van der Waals surface area contributed by atoms with E-state index in [1.165, 1.54) is 12.7 Å². The van der Waals surface area contributed by atoms with Crippen LogP contribution in [-0.2, 0) is 17.8 Å². The van der Waals surface area contributed by atoms with Crippen molar-refractivity contribution in [3.63, 3.8) is 0 Å². The zero-order valence-corrected chi connectivity index (χ0v) is 16.1. The molecule has 8 heteroatoms. The van der Waals surface area contributed by atoms with E-state index in [1.54, 1.807) is 12.1 Å². The lowest BCUT2D eigenvalue weighted by atomic mass is 10.2. The molecule has 2 aromatic heterocycles. The highest BCUT2D eigenvalue weighted by Crippen LogP contribution is 2.24. The quantitative estimate of drug-likeness (QED) is 0.670. The maximum Gasteiger partial charge on any atom is 0.286 e. The first-order chi connectivity index (χ1) is 14.2. The van der Waals surface area contributed by atoms with Crippen LogP contribution in [0.4, 0.5) is 5.69 Å². The number of hydrogen-bond acceptors (Lipinski definition) is 5. The van der Waals surface area contributed by atoms with Gasteiger partial charge in [0.15, 0.2) is 11.6 Å². The second-order valence-corrected chi connectivity index (χ2v) is 7.01. The number of anilines is 1. The first-order valence-electron chi connectivity index (χ1n) is 9.85. The number of carbonyl (C=O) groups is 2. The second kappa shape index (κ2) is 8.72. The fourth-order valence-electron chi connectivity index (χ4n) is 3.41. The van der Waals surface area contributed by atoms with Crippen LogP contribution in [0.5, 0.6) is 0 Å². The van der Waals surface area contributed by atoms with E-state index in [0.717, 1.165) is 43.0 Å². The summed E-state index contributed by atoms with van der Waals surface area (Å²) in [4.78, 5) is 23.9. The number of benzene rings is 1. The van der Waals surface area contributed by atoms with Crippen LogP contribution in [-0.4, -0.2) is 33.1 Å². The molecule has 0 atom stereocenters. The Balaban J connectivity index is 1.31. The van der Waals surface area contributed by atoms with Crippen LogP contribution < -0.4 is 10.6 Å². The first-order valence-corrected chi connectivity index (χ1v) is 9.85. The fraction of sp³-hybridized carbons (Fsp3) is 0.333. The molecule has 0 radical (unpaired) electrons. The van der Waals surface area contributed by atoms with Gasteiger partial charge in [-0.25, -0.2) is 0 Å². The van der Waals surface area contributed by atoms with Crippen molar-refractivity contribution < 1.29 is 14.0 Å². The van der Waals surface area contributed by atoms with Gasteiger partial charge in [0, 0.05) is 37.2 Å². The summed E-state index contributed by atoms with van der Waals surface area (Å²) in [6.45, 7) is 1.18. The third-order valence-electron chi connectivity index (χ3n) is 4.92. The number of carbonyl (C=O) groups excluding carboxylic acids is 2. The standard InChI is InChI=1S/C21H23N5O3/c27-19(11-12-22-21(28)17-5-4-14-29-17)23-16-9-7-15(8-10-16)20-25-24-18-6-2-1-3-13-26(18)20/h4-5,7-10,14H,1-3,6,11-13H2,(H,22,28)(H,23,27). The molecule has 3 heterocycles. The smallest absolute Gasteiger partial charge is 0.286 e. The Hall–Kier alpha value is -3.42. The van der Waals surface area contributed by atoms with Crippen LogP contribution in [0.2, 0.25) is 0 Å². The summed E-state index contributed by atoms with van der Waals surface area (Å²) in [7, 11) is 0. The number of nitrogens with one attached hydrogen (secondary N) is 2. The van der Waals surface area contributed by atoms with Gasteiger partial charge in [-0.1, -0.05) is 6.42 Å². The molecule has 4 rings (SSSR count). The van der Waals surface area contributed by atoms with E-state index in [2.05, 4.69) is 25.4 Å². The van der Waals surface area contributed by atoms with Gasteiger partial charge in [-0.3, -0.25) is 9.59 Å². The van der Waals surface area contributed by atoms with Crippen LogP contribution in [0.1, 0.15) is 42.1 Å². The maximum atomic E-state index is 12.1. The van der Waals surface area contributed by atoms with Crippen molar-refractivity contribution in [2.24, 2.45) is 0 Å². The Morgan fingerprint density at radius 2 is 1.93 bits per heavy atom. The van der Waals surface area contributed by atoms with Crippen molar-refractivity contribution >= 4 is 17.5 Å². The van der Waals surface area contributed by atoms with Crippen molar-refractivity contribution in [2.45, 2.75) is 38.6 Å². The van der Waals surface area contributed by atoms with E-state index >= 15 is 0 Å². The topological polar surface area (TPSA) is 102 Å². The summed E-state index contributed by atoms with van der Waals surface area (Å²) in [5, 5.41) is 14.2. The normalized spacial score (nSPS) is 13.4. The number of amides is 2. The van der Waals surface area contributed by atoms with Crippen molar-refractivity contribution in [3.8, 4) is 11.4 Å². The summed E-state index contributed by atoms with van der Waals surface area (Å²) in [5.74, 6) is 1.65. The average molecular weight is 393 g/mol. The molecule has 1 aromatic carbocycles. The van der Waals surface area contributed by atoms with Crippen molar-refractivity contribution in [1.29, 1.82) is 0 Å². The number of fused-ring (bicyclic) bond motifs is 1. The minimum absolute atomic E-state index is 0.172. The van der Waals surface area contributed by atoms with Gasteiger partial charge in [0.05, 0.1) is 6.26 Å². The van der Waals surface area contributed by atoms with Crippen LogP contribution in [0.25, 0.3) is 11.4 Å². The molecule has 1 aliphatic rings. The second-order valence-electron chi connectivity index (χ2n) is 7.01. The summed E-state index contributed by atoms with van der Waals surface area (Å²) >= 11 is 0. The van der Waals surface area contributed by atoms with E-state index in [9.17, 15) is 9.59 Å². The summed E-state index contributed by atoms with van der Waals surface area (Å²) in [6.07, 6.45) is 6.09. The van der Waals surface area contributed by atoms with Crippen LogP contribution in [0.3, 0.4) is 0 Å². The van der Waals surface area contributed by atoms with Gasteiger partial charge in [0.2, 0.25) is 5.91 Å². The summed E-state index contributed by atoms with van der Waals surface area (Å²) < 4.78 is 7.20. The highest BCUT2D eigenvalue weighted by Gasteiger charge is 2.16. The molecule has 0 unspecified atom stereocenters. The monoisotopic (exact) mass is 393 g/mol. The molecule has 0 spiro atoms. The van der Waals surface area contributed by atoms with Crippen molar-refractivity contribution in [3.05, 3.63) is 54.2 Å². The number of aryl methyl sites for hydroxylation is 1. The van der Waals surface area contributed by atoms with E-state index < -0.39 is 0 Å². The fourth-order valence-corrected chi connectivity index (χ4v) is 3.41. The third-order valence-corrected chi connectivity index (χ3v) is 4.92. The Kier molecular flexibility index (Phi) is 5.69. The van der Waals surface area contributed by atoms with Gasteiger partial charge < -0.3 is 19.6 Å². The molecule has 1 aliphatic heterocycles. The summed E-state index contributed by atoms with van der Waals surface area (Å²) in [6, 6.07) is 10.8.